The fourth-order valence-electron chi connectivity index (χ4n) is 3.47. The molecule has 8 nitrogen and oxygen atoms in total. The van der Waals surface area contributed by atoms with E-state index in [-0.39, 0.29) is 18.5 Å². The molecular formula is C25H32N4O4S. The molecule has 34 heavy (non-hydrogen) atoms. The van der Waals surface area contributed by atoms with Gasteiger partial charge in [-0.25, -0.2) is 4.79 Å². The van der Waals surface area contributed by atoms with E-state index in [1.54, 1.807) is 36.1 Å². The van der Waals surface area contributed by atoms with E-state index >= 15 is 0 Å². The zero-order chi connectivity index (χ0) is 24.3. The van der Waals surface area contributed by atoms with Crippen molar-refractivity contribution in [2.75, 3.05) is 38.4 Å². The second-order valence-corrected chi connectivity index (χ2v) is 8.75. The molecule has 0 aliphatic heterocycles. The Balaban J connectivity index is 1.73. The van der Waals surface area contributed by atoms with Crippen LogP contribution < -0.4 is 5.32 Å². The van der Waals surface area contributed by atoms with Crippen LogP contribution in [-0.2, 0) is 29.7 Å². The number of hydrogen-bond donors (Lipinski definition) is 1. The van der Waals surface area contributed by atoms with Crippen LogP contribution in [0.1, 0.15) is 17.9 Å². The lowest BCUT2D eigenvalue weighted by molar-refractivity contribution is -0.133. The third-order valence-corrected chi connectivity index (χ3v) is 6.16. The number of carbonyl (C=O) groups is 2. The van der Waals surface area contributed by atoms with Crippen molar-refractivity contribution < 1.29 is 18.7 Å². The summed E-state index contributed by atoms with van der Waals surface area (Å²) in [5.74, 6) is 0.523. The third kappa shape index (κ3) is 7.43. The standard InChI is InChI=1S/C25H32N4O4S/c1-27-13-4-7-21(27)17-29(18-22-8-5-16-33-22)24(30)19-28(14-6-15-32-2)25(31)26-20-9-11-23(34-3)12-10-20/h4-5,7-13,16H,6,14-15,17-19H2,1-3H3,(H,26,31). The molecule has 0 fully saturated rings. The maximum Gasteiger partial charge on any atom is 0.322 e. The number of aryl methyl sites for hydroxylation is 1. The van der Waals surface area contributed by atoms with Gasteiger partial charge in [-0.15, -0.1) is 11.8 Å². The number of benzene rings is 1. The Labute approximate surface area is 204 Å². The molecule has 0 aliphatic rings. The molecule has 1 N–H and O–H groups in total. The van der Waals surface area contributed by atoms with Crippen molar-refractivity contribution in [2.24, 2.45) is 7.05 Å². The average Bonchev–Trinajstić information content (AvgIpc) is 3.50. The molecule has 0 unspecified atom stereocenters. The van der Waals surface area contributed by atoms with Gasteiger partial charge in [-0.1, -0.05) is 0 Å². The van der Waals surface area contributed by atoms with Crippen LogP contribution in [0.2, 0.25) is 0 Å². The average molecular weight is 485 g/mol. The van der Waals surface area contributed by atoms with Gasteiger partial charge in [-0.2, -0.15) is 0 Å². The normalized spacial score (nSPS) is 10.8. The first kappa shape index (κ1) is 25.5. The number of ether oxygens (including phenoxy) is 1. The molecule has 0 radical (unpaired) electrons. The van der Waals surface area contributed by atoms with Gasteiger partial charge in [0, 0.05) is 49.8 Å². The van der Waals surface area contributed by atoms with Gasteiger partial charge in [-0.3, -0.25) is 4.79 Å². The molecule has 2 aromatic heterocycles. The van der Waals surface area contributed by atoms with Crippen LogP contribution in [0.3, 0.4) is 0 Å². The fourth-order valence-corrected chi connectivity index (χ4v) is 3.88. The van der Waals surface area contributed by atoms with E-state index in [1.807, 2.05) is 66.5 Å². The monoisotopic (exact) mass is 484 g/mol. The number of urea groups is 1. The first-order valence-electron chi connectivity index (χ1n) is 11.1. The molecule has 0 spiro atoms. The van der Waals surface area contributed by atoms with E-state index in [4.69, 9.17) is 9.15 Å². The van der Waals surface area contributed by atoms with Crippen molar-refractivity contribution in [1.82, 2.24) is 14.4 Å². The lowest BCUT2D eigenvalue weighted by Crippen LogP contribution is -2.44. The molecule has 9 heteroatoms. The highest BCUT2D eigenvalue weighted by atomic mass is 32.2. The second kappa shape index (κ2) is 12.9. The molecule has 182 valence electrons. The summed E-state index contributed by atoms with van der Waals surface area (Å²) in [6.45, 7) is 1.57. The lowest BCUT2D eigenvalue weighted by Gasteiger charge is -2.27. The topological polar surface area (TPSA) is 80.0 Å². The number of nitrogens with zero attached hydrogens (tertiary/aromatic N) is 3. The number of anilines is 1. The molecule has 0 saturated carbocycles. The molecule has 0 aliphatic carbocycles. The quantitative estimate of drug-likeness (QED) is 0.304. The molecule has 0 saturated heterocycles. The predicted molar refractivity (Wildman–Crippen MR) is 134 cm³/mol. The molecule has 0 atom stereocenters. The smallest absolute Gasteiger partial charge is 0.322 e. The molecule has 2 heterocycles. The molecule has 3 rings (SSSR count). The number of rotatable bonds is 12. The summed E-state index contributed by atoms with van der Waals surface area (Å²) in [6.07, 6.45) is 6.16. The van der Waals surface area contributed by atoms with E-state index in [0.717, 1.165) is 10.6 Å². The number of nitrogens with one attached hydrogen (secondary N) is 1. The zero-order valence-corrected chi connectivity index (χ0v) is 20.7. The maximum atomic E-state index is 13.4. The van der Waals surface area contributed by atoms with Crippen molar-refractivity contribution >= 4 is 29.4 Å². The van der Waals surface area contributed by atoms with Gasteiger partial charge in [0.15, 0.2) is 0 Å². The molecule has 3 aromatic rings. The van der Waals surface area contributed by atoms with Crippen LogP contribution in [0, 0.1) is 0 Å². The number of hydrogen-bond acceptors (Lipinski definition) is 5. The molecule has 0 bridgehead atoms. The largest absolute Gasteiger partial charge is 0.467 e. The Hall–Kier alpha value is -3.17. The lowest BCUT2D eigenvalue weighted by atomic mass is 10.3. The number of carbonyl (C=O) groups excluding carboxylic acids is 2. The fraction of sp³-hybridized carbons (Fsp3) is 0.360. The highest BCUT2D eigenvalue weighted by Crippen LogP contribution is 2.18. The van der Waals surface area contributed by atoms with Gasteiger partial charge in [0.25, 0.3) is 0 Å². The Morgan fingerprint density at radius 1 is 1.09 bits per heavy atom. The molecule has 3 amide bonds. The van der Waals surface area contributed by atoms with E-state index in [1.165, 1.54) is 4.90 Å². The number of amides is 3. The van der Waals surface area contributed by atoms with Crippen LogP contribution in [0.4, 0.5) is 10.5 Å². The predicted octanol–water partition coefficient (Wildman–Crippen LogP) is 4.44. The number of aromatic nitrogens is 1. The maximum absolute atomic E-state index is 13.4. The Kier molecular flexibility index (Phi) is 9.66. The van der Waals surface area contributed by atoms with E-state index in [9.17, 15) is 9.59 Å². The van der Waals surface area contributed by atoms with Gasteiger partial charge in [-0.05, 0) is 61.2 Å². The van der Waals surface area contributed by atoms with E-state index < -0.39 is 0 Å². The third-order valence-electron chi connectivity index (χ3n) is 5.41. The Morgan fingerprint density at radius 2 is 1.88 bits per heavy atom. The summed E-state index contributed by atoms with van der Waals surface area (Å²) in [7, 11) is 3.56. The highest BCUT2D eigenvalue weighted by Gasteiger charge is 2.23. The van der Waals surface area contributed by atoms with Crippen LogP contribution in [0.5, 0.6) is 0 Å². The summed E-state index contributed by atoms with van der Waals surface area (Å²) < 4.78 is 12.6. The van der Waals surface area contributed by atoms with Crippen LogP contribution in [0.15, 0.2) is 70.3 Å². The van der Waals surface area contributed by atoms with Crippen LogP contribution >= 0.6 is 11.8 Å². The van der Waals surface area contributed by atoms with Crippen LogP contribution in [0.25, 0.3) is 0 Å². The van der Waals surface area contributed by atoms with Gasteiger partial charge in [0.1, 0.15) is 12.3 Å². The van der Waals surface area contributed by atoms with E-state index in [0.29, 0.717) is 44.1 Å². The number of methoxy groups -OCH3 is 1. The molecule has 1 aromatic carbocycles. The minimum absolute atomic E-state index is 0.0520. The summed E-state index contributed by atoms with van der Waals surface area (Å²) in [5, 5.41) is 2.91. The Bertz CT molecular complexity index is 1030. The van der Waals surface area contributed by atoms with Gasteiger partial charge < -0.3 is 28.8 Å². The number of thioether (sulfide) groups is 1. The van der Waals surface area contributed by atoms with Crippen molar-refractivity contribution in [3.63, 3.8) is 0 Å². The van der Waals surface area contributed by atoms with Crippen molar-refractivity contribution in [3.8, 4) is 0 Å². The highest BCUT2D eigenvalue weighted by molar-refractivity contribution is 7.98. The SMILES string of the molecule is COCCCN(CC(=O)N(Cc1ccco1)Cc1cccn1C)C(=O)Nc1ccc(SC)cc1. The summed E-state index contributed by atoms with van der Waals surface area (Å²) >= 11 is 1.63. The van der Waals surface area contributed by atoms with Gasteiger partial charge in [0.2, 0.25) is 5.91 Å². The first-order chi connectivity index (χ1) is 16.5. The minimum atomic E-state index is -0.321. The summed E-state index contributed by atoms with van der Waals surface area (Å²) in [4.78, 5) is 30.8. The van der Waals surface area contributed by atoms with E-state index in [2.05, 4.69) is 5.32 Å². The molecular weight excluding hydrogens is 452 g/mol. The van der Waals surface area contributed by atoms with Gasteiger partial charge >= 0.3 is 6.03 Å². The first-order valence-corrected chi connectivity index (χ1v) is 12.3. The minimum Gasteiger partial charge on any atom is -0.467 e. The second-order valence-electron chi connectivity index (χ2n) is 7.87. The van der Waals surface area contributed by atoms with Gasteiger partial charge in [0.05, 0.1) is 19.4 Å². The summed E-state index contributed by atoms with van der Waals surface area (Å²) in [5.41, 5.74) is 1.67. The van der Waals surface area contributed by atoms with Crippen LogP contribution in [-0.4, -0.2) is 59.4 Å². The number of furan rings is 1. The zero-order valence-electron chi connectivity index (χ0n) is 19.9. The van der Waals surface area contributed by atoms with Crippen molar-refractivity contribution in [1.29, 1.82) is 0 Å². The van der Waals surface area contributed by atoms with Crippen molar-refractivity contribution in [3.05, 3.63) is 72.4 Å². The van der Waals surface area contributed by atoms with Crippen molar-refractivity contribution in [2.45, 2.75) is 24.4 Å². The Morgan fingerprint density at radius 3 is 2.50 bits per heavy atom. The summed E-state index contributed by atoms with van der Waals surface area (Å²) in [6, 6.07) is 14.9.